The van der Waals surface area contributed by atoms with Crippen LogP contribution in [-0.2, 0) is 11.3 Å². The van der Waals surface area contributed by atoms with Crippen LogP contribution in [0.25, 0.3) is 0 Å². The Balaban J connectivity index is 1.31. The van der Waals surface area contributed by atoms with Gasteiger partial charge >= 0.3 is 0 Å². The van der Waals surface area contributed by atoms with Crippen molar-refractivity contribution in [1.82, 2.24) is 0 Å². The number of hydrogen-bond acceptors (Lipinski definition) is 3. The molecule has 1 N–H and O–H groups in total. The first-order valence-electron chi connectivity index (χ1n) is 12.6. The van der Waals surface area contributed by atoms with Crippen LogP contribution in [0.3, 0.4) is 0 Å². The Labute approximate surface area is 200 Å². The molecule has 2 fully saturated rings. The van der Waals surface area contributed by atoms with Crippen molar-refractivity contribution in [3.8, 4) is 5.75 Å². The Morgan fingerprint density at radius 3 is 1.94 bits per heavy atom. The summed E-state index contributed by atoms with van der Waals surface area (Å²) in [6.45, 7) is 2.71. The highest BCUT2D eigenvalue weighted by Gasteiger charge is 2.29. The molecule has 186 valence electrons. The van der Waals surface area contributed by atoms with Crippen LogP contribution in [0.15, 0.2) is 30.3 Å². The minimum Gasteiger partial charge on any atom is -0.491 e. The second kappa shape index (κ2) is 11.6. The predicted octanol–water partition coefficient (Wildman–Crippen LogP) is 7.01. The zero-order valence-electron chi connectivity index (χ0n) is 19.9. The number of ether oxygens (including phenoxy) is 2. The van der Waals surface area contributed by atoms with E-state index in [1.807, 2.05) is 6.92 Å². The molecule has 0 bridgehead atoms. The van der Waals surface area contributed by atoms with Crippen LogP contribution in [0, 0.1) is 23.4 Å². The van der Waals surface area contributed by atoms with Crippen LogP contribution in [0.2, 0.25) is 0 Å². The third-order valence-corrected chi connectivity index (χ3v) is 7.58. The van der Waals surface area contributed by atoms with E-state index in [1.54, 1.807) is 24.3 Å². The van der Waals surface area contributed by atoms with Crippen molar-refractivity contribution < 1.29 is 27.8 Å². The first kappa shape index (κ1) is 25.1. The van der Waals surface area contributed by atoms with Crippen LogP contribution in [0.5, 0.6) is 5.75 Å². The molecule has 0 spiro atoms. The maximum absolute atomic E-state index is 15.0. The molecule has 2 aliphatic carbocycles. The highest BCUT2D eigenvalue weighted by Crippen LogP contribution is 2.40. The third kappa shape index (κ3) is 5.77. The van der Waals surface area contributed by atoms with Crippen molar-refractivity contribution >= 4 is 0 Å². The molecule has 0 radical (unpaired) electrons. The van der Waals surface area contributed by atoms with Crippen molar-refractivity contribution in [1.29, 1.82) is 0 Å². The summed E-state index contributed by atoms with van der Waals surface area (Å²) >= 11 is 0. The normalized spacial score (nSPS) is 25.3. The molecular formula is C28H35F3O3. The number of hydrogen-bond donors (Lipinski definition) is 1. The van der Waals surface area contributed by atoms with Gasteiger partial charge in [-0.3, -0.25) is 0 Å². The lowest BCUT2D eigenvalue weighted by atomic mass is 9.77. The fraction of sp³-hybridized carbons (Fsp3) is 0.571. The van der Waals surface area contributed by atoms with Gasteiger partial charge in [0, 0.05) is 6.61 Å². The first-order valence-corrected chi connectivity index (χ1v) is 12.6. The Kier molecular flexibility index (Phi) is 8.54. The van der Waals surface area contributed by atoms with Crippen LogP contribution >= 0.6 is 0 Å². The Morgan fingerprint density at radius 2 is 1.41 bits per heavy atom. The second-order valence-electron chi connectivity index (χ2n) is 9.75. The van der Waals surface area contributed by atoms with Gasteiger partial charge in [-0.05, 0) is 105 Å². The number of aliphatic hydroxyl groups is 1. The summed E-state index contributed by atoms with van der Waals surface area (Å²) in [7, 11) is 0. The van der Waals surface area contributed by atoms with Crippen LogP contribution in [0.1, 0.15) is 86.8 Å². The van der Waals surface area contributed by atoms with Crippen molar-refractivity contribution in [2.24, 2.45) is 5.92 Å². The van der Waals surface area contributed by atoms with Crippen molar-refractivity contribution in [2.75, 3.05) is 13.2 Å². The number of benzene rings is 2. The van der Waals surface area contributed by atoms with Crippen LogP contribution < -0.4 is 4.74 Å². The Bertz CT molecular complexity index is 948. The van der Waals surface area contributed by atoms with Gasteiger partial charge < -0.3 is 14.6 Å². The molecule has 2 aromatic rings. The molecule has 4 rings (SSSR count). The van der Waals surface area contributed by atoms with Crippen molar-refractivity contribution in [3.63, 3.8) is 0 Å². The van der Waals surface area contributed by atoms with Gasteiger partial charge in [0.2, 0.25) is 0 Å². The third-order valence-electron chi connectivity index (χ3n) is 7.58. The summed E-state index contributed by atoms with van der Waals surface area (Å²) in [5.41, 5.74) is 1.70. The van der Waals surface area contributed by atoms with Gasteiger partial charge in [-0.2, -0.15) is 0 Å². The van der Waals surface area contributed by atoms with E-state index in [1.165, 1.54) is 6.07 Å². The van der Waals surface area contributed by atoms with Crippen LogP contribution in [-0.4, -0.2) is 24.4 Å². The Hall–Kier alpha value is -2.05. The average Bonchev–Trinajstić information content (AvgIpc) is 2.86. The molecule has 0 atom stereocenters. The molecule has 2 aliphatic rings. The van der Waals surface area contributed by atoms with Gasteiger partial charge in [0.15, 0.2) is 23.2 Å². The maximum Gasteiger partial charge on any atom is 0.165 e. The van der Waals surface area contributed by atoms with Gasteiger partial charge in [0.1, 0.15) is 0 Å². The molecule has 3 nitrogen and oxygen atoms in total. The lowest BCUT2D eigenvalue weighted by Crippen LogP contribution is -2.22. The lowest BCUT2D eigenvalue weighted by molar-refractivity contribution is 0.0130. The molecular weight excluding hydrogens is 441 g/mol. The summed E-state index contributed by atoms with van der Waals surface area (Å²) in [5.74, 6) is -1.25. The minimum atomic E-state index is -0.698. The van der Waals surface area contributed by atoms with Gasteiger partial charge in [0.25, 0.3) is 0 Å². The maximum atomic E-state index is 15.0. The van der Waals surface area contributed by atoms with E-state index < -0.39 is 17.5 Å². The zero-order valence-corrected chi connectivity index (χ0v) is 19.9. The second-order valence-corrected chi connectivity index (χ2v) is 9.75. The molecule has 0 saturated heterocycles. The minimum absolute atomic E-state index is 0.0172. The lowest BCUT2D eigenvalue weighted by Gasteiger charge is -2.30. The summed E-state index contributed by atoms with van der Waals surface area (Å²) in [5, 5.41) is 9.31. The van der Waals surface area contributed by atoms with Crippen LogP contribution in [0.4, 0.5) is 13.2 Å². The van der Waals surface area contributed by atoms with Gasteiger partial charge in [-0.15, -0.1) is 0 Å². The molecule has 34 heavy (non-hydrogen) atoms. The standard InChI is InChI=1S/C28H35F3O3/c1-2-33-26-14-5-19(15-25(26)29)17-34-22-10-8-21(9-11-22)24-13-12-23(27(30)28(24)31)20-6-3-18(16-32)4-7-20/h5,12-15,18,20-22,32H,2-4,6-11,16-17H2,1H3. The summed E-state index contributed by atoms with van der Waals surface area (Å²) in [6, 6.07) is 8.41. The molecule has 0 amide bonds. The number of halogens is 3. The predicted molar refractivity (Wildman–Crippen MR) is 125 cm³/mol. The van der Waals surface area contributed by atoms with Gasteiger partial charge in [-0.1, -0.05) is 18.2 Å². The summed E-state index contributed by atoms with van der Waals surface area (Å²) in [6.07, 6.45) is 6.33. The molecule has 0 aromatic heterocycles. The van der Waals surface area contributed by atoms with Crippen molar-refractivity contribution in [2.45, 2.75) is 82.8 Å². The zero-order chi connectivity index (χ0) is 24.1. The molecule has 2 saturated carbocycles. The number of rotatable bonds is 8. The first-order chi connectivity index (χ1) is 16.5. The van der Waals surface area contributed by atoms with E-state index in [0.717, 1.165) is 56.9 Å². The molecule has 2 aromatic carbocycles. The Morgan fingerprint density at radius 1 is 0.824 bits per heavy atom. The van der Waals surface area contributed by atoms with Crippen molar-refractivity contribution in [3.05, 3.63) is 64.5 Å². The van der Waals surface area contributed by atoms with Gasteiger partial charge in [-0.25, -0.2) is 13.2 Å². The topological polar surface area (TPSA) is 38.7 Å². The summed E-state index contributed by atoms with van der Waals surface area (Å²) < 4.78 is 55.3. The molecule has 6 heteroatoms. The van der Waals surface area contributed by atoms with E-state index in [9.17, 15) is 13.9 Å². The van der Waals surface area contributed by atoms with E-state index in [-0.39, 0.29) is 36.2 Å². The smallest absolute Gasteiger partial charge is 0.165 e. The van der Waals surface area contributed by atoms with Gasteiger partial charge in [0.05, 0.1) is 19.3 Å². The van der Waals surface area contributed by atoms with E-state index in [2.05, 4.69) is 0 Å². The highest BCUT2D eigenvalue weighted by atomic mass is 19.2. The monoisotopic (exact) mass is 476 g/mol. The average molecular weight is 477 g/mol. The SMILES string of the molecule is CCOc1ccc(COC2CCC(c3ccc(C4CCC(CO)CC4)c(F)c3F)CC2)cc1F. The quantitative estimate of drug-likeness (QED) is 0.445. The molecule has 0 unspecified atom stereocenters. The molecule has 0 aliphatic heterocycles. The van der Waals surface area contributed by atoms with E-state index in [4.69, 9.17) is 9.47 Å². The highest BCUT2D eigenvalue weighted by molar-refractivity contribution is 5.32. The molecule has 0 heterocycles. The number of aliphatic hydroxyl groups excluding tert-OH is 1. The fourth-order valence-corrected chi connectivity index (χ4v) is 5.53. The largest absolute Gasteiger partial charge is 0.491 e. The summed E-state index contributed by atoms with van der Waals surface area (Å²) in [4.78, 5) is 0. The van der Waals surface area contributed by atoms with E-state index in [0.29, 0.717) is 24.3 Å². The fourth-order valence-electron chi connectivity index (χ4n) is 5.53. The van der Waals surface area contributed by atoms with E-state index >= 15 is 4.39 Å².